The number of carboxylic acids is 1. The number of alkyl halides is 3. The number of nitrogens with one attached hydrogen (secondary N) is 1. The average molecular weight is 516 g/mol. The van der Waals surface area contributed by atoms with Crippen molar-refractivity contribution >= 4 is 5.97 Å². The van der Waals surface area contributed by atoms with Gasteiger partial charge >= 0.3 is 12.1 Å². The first kappa shape index (κ1) is 26.6. The number of aliphatic carboxylic acids is 1. The zero-order valence-electron chi connectivity index (χ0n) is 20.6. The summed E-state index contributed by atoms with van der Waals surface area (Å²) in [6.07, 6.45) is 0.842. The normalized spacial score (nSPS) is 21.9. The number of carbonyl (C=O) groups is 1. The summed E-state index contributed by atoms with van der Waals surface area (Å²) in [5, 5.41) is 25.8. The van der Waals surface area contributed by atoms with Crippen molar-refractivity contribution in [3.63, 3.8) is 0 Å². The fourth-order valence-corrected chi connectivity index (χ4v) is 4.53. The van der Waals surface area contributed by atoms with Gasteiger partial charge in [0.1, 0.15) is 6.04 Å². The molecule has 2 unspecified atom stereocenters. The summed E-state index contributed by atoms with van der Waals surface area (Å²) in [6.45, 7) is 5.13. The topological polar surface area (TPSA) is 108 Å². The van der Waals surface area contributed by atoms with Gasteiger partial charge in [-0.05, 0) is 50.3 Å². The lowest BCUT2D eigenvalue weighted by Gasteiger charge is -2.26. The fourth-order valence-electron chi connectivity index (χ4n) is 4.53. The Bertz CT molecular complexity index is 1290. The van der Waals surface area contributed by atoms with E-state index >= 15 is 0 Å². The predicted octanol–water partition coefficient (Wildman–Crippen LogP) is 5.40. The Kier molecular flexibility index (Phi) is 7.52. The van der Waals surface area contributed by atoms with Gasteiger partial charge in [0.05, 0.1) is 12.0 Å². The van der Waals surface area contributed by atoms with Crippen LogP contribution in [0.2, 0.25) is 0 Å². The van der Waals surface area contributed by atoms with Gasteiger partial charge in [-0.15, -0.1) is 0 Å². The van der Waals surface area contributed by atoms with Crippen LogP contribution in [-0.2, 0) is 4.79 Å². The number of hydrogen-bond acceptors (Lipinski definition) is 6. The minimum absolute atomic E-state index is 0.0850. The molecule has 1 aromatic heterocycles. The maximum atomic E-state index is 14.0. The maximum Gasteiger partial charge on any atom is 0.413 e. The molecule has 0 fully saturated rings. The second-order valence-corrected chi connectivity index (χ2v) is 9.41. The molecule has 1 aromatic carbocycles. The van der Waals surface area contributed by atoms with Crippen LogP contribution in [0.3, 0.4) is 0 Å². The van der Waals surface area contributed by atoms with Crippen LogP contribution in [0.25, 0.3) is 11.4 Å². The van der Waals surface area contributed by atoms with Crippen molar-refractivity contribution in [3.8, 4) is 11.4 Å². The van der Waals surface area contributed by atoms with E-state index < -0.39 is 35.8 Å². The van der Waals surface area contributed by atoms with E-state index in [2.05, 4.69) is 15.5 Å². The number of carboxylic acid groups (broad SMARTS) is 1. The number of aliphatic hydroxyl groups is 1. The van der Waals surface area contributed by atoms with E-state index in [1.807, 2.05) is 6.92 Å². The molecule has 0 amide bonds. The number of benzene rings is 1. The van der Waals surface area contributed by atoms with Gasteiger partial charge in [-0.1, -0.05) is 59.3 Å². The molecular formula is C27H28F3N3O4. The molecule has 2 aromatic rings. The van der Waals surface area contributed by atoms with Gasteiger partial charge in [0, 0.05) is 17.2 Å². The SMILES string of the molecule is CC1=C(C2=C(C(F)(F)F)CC(c3nc(-c4ccc([C@@H](C)N[C@H](C)C(=O)O)cc4)no3)C=C2)C=CC(O)C1. The third kappa shape index (κ3) is 5.91. The Balaban J connectivity index is 1.53. The molecule has 196 valence electrons. The summed E-state index contributed by atoms with van der Waals surface area (Å²) in [7, 11) is 0. The summed E-state index contributed by atoms with van der Waals surface area (Å²) in [5.74, 6) is -1.35. The molecule has 3 N–H and O–H groups in total. The van der Waals surface area contributed by atoms with Crippen LogP contribution in [-0.4, -0.2) is 44.6 Å². The number of allylic oxidation sites excluding steroid dienone is 6. The summed E-state index contributed by atoms with van der Waals surface area (Å²) in [6, 6.07) is 6.19. The largest absolute Gasteiger partial charge is 0.480 e. The maximum absolute atomic E-state index is 14.0. The highest BCUT2D eigenvalue weighted by Crippen LogP contribution is 2.43. The fraction of sp³-hybridized carbons (Fsp3) is 0.370. The molecular weight excluding hydrogens is 487 g/mol. The monoisotopic (exact) mass is 515 g/mol. The van der Waals surface area contributed by atoms with Crippen LogP contribution in [0, 0.1) is 0 Å². The molecule has 4 rings (SSSR count). The van der Waals surface area contributed by atoms with Gasteiger partial charge < -0.3 is 14.7 Å². The smallest absolute Gasteiger partial charge is 0.413 e. The molecule has 4 atom stereocenters. The van der Waals surface area contributed by atoms with Crippen LogP contribution in [0.1, 0.15) is 57.0 Å². The van der Waals surface area contributed by atoms with Gasteiger partial charge in [0.25, 0.3) is 0 Å². The van der Waals surface area contributed by atoms with E-state index in [9.17, 15) is 23.1 Å². The molecule has 2 aliphatic rings. The van der Waals surface area contributed by atoms with Crippen molar-refractivity contribution in [1.29, 1.82) is 0 Å². The van der Waals surface area contributed by atoms with Crippen molar-refractivity contribution in [2.24, 2.45) is 0 Å². The second-order valence-electron chi connectivity index (χ2n) is 9.41. The van der Waals surface area contributed by atoms with E-state index in [1.54, 1.807) is 50.3 Å². The lowest BCUT2D eigenvalue weighted by atomic mass is 9.82. The Morgan fingerprint density at radius 1 is 1.11 bits per heavy atom. The molecule has 37 heavy (non-hydrogen) atoms. The van der Waals surface area contributed by atoms with Crippen LogP contribution < -0.4 is 5.32 Å². The van der Waals surface area contributed by atoms with Crippen LogP contribution in [0.15, 0.2) is 75.4 Å². The molecule has 7 nitrogen and oxygen atoms in total. The molecule has 0 aliphatic heterocycles. The molecule has 2 aliphatic carbocycles. The minimum Gasteiger partial charge on any atom is -0.480 e. The number of hydrogen-bond donors (Lipinski definition) is 3. The standard InChI is InChI=1S/C27H28F3N3O4/c1-14-12-20(34)9-11-21(14)22-10-8-19(13-23(22)27(28,29)30)25-32-24(33-37-25)18-6-4-17(5-7-18)15(2)31-16(3)26(35)36/h4-11,15-16,19-20,31,34H,12-13H2,1-3H3,(H,35,36)/t15-,16-,19?,20?/m1/s1. The van der Waals surface area contributed by atoms with Crippen molar-refractivity contribution in [2.45, 2.75) is 63.9 Å². The Labute approximate surface area is 212 Å². The molecule has 0 spiro atoms. The van der Waals surface area contributed by atoms with Crippen molar-refractivity contribution in [1.82, 2.24) is 15.5 Å². The summed E-state index contributed by atoms with van der Waals surface area (Å²) < 4.78 is 47.5. The Hall–Kier alpha value is -3.50. The van der Waals surface area contributed by atoms with Crippen LogP contribution in [0.5, 0.6) is 0 Å². The van der Waals surface area contributed by atoms with Crippen molar-refractivity contribution < 1.29 is 32.7 Å². The lowest BCUT2D eigenvalue weighted by Crippen LogP contribution is -2.35. The number of nitrogens with zero attached hydrogens (tertiary/aromatic N) is 2. The van der Waals surface area contributed by atoms with Gasteiger partial charge in [-0.2, -0.15) is 18.2 Å². The van der Waals surface area contributed by atoms with Crippen molar-refractivity contribution in [2.75, 3.05) is 0 Å². The molecule has 1 heterocycles. The average Bonchev–Trinajstić information content (AvgIpc) is 3.33. The zero-order valence-corrected chi connectivity index (χ0v) is 20.6. The highest BCUT2D eigenvalue weighted by molar-refractivity contribution is 5.72. The van der Waals surface area contributed by atoms with Gasteiger partial charge in [0.2, 0.25) is 11.7 Å². The summed E-state index contributed by atoms with van der Waals surface area (Å²) in [4.78, 5) is 15.4. The summed E-state index contributed by atoms with van der Waals surface area (Å²) >= 11 is 0. The van der Waals surface area contributed by atoms with Crippen LogP contribution >= 0.6 is 0 Å². The minimum atomic E-state index is -4.54. The van der Waals surface area contributed by atoms with E-state index in [0.29, 0.717) is 16.7 Å². The molecule has 0 bridgehead atoms. The number of aliphatic hydroxyl groups excluding tert-OH is 1. The predicted molar refractivity (Wildman–Crippen MR) is 130 cm³/mol. The number of halogens is 3. The third-order valence-electron chi connectivity index (χ3n) is 6.64. The van der Waals surface area contributed by atoms with Gasteiger partial charge in [-0.25, -0.2) is 0 Å². The van der Waals surface area contributed by atoms with Gasteiger partial charge in [-0.3, -0.25) is 10.1 Å². The Morgan fingerprint density at radius 3 is 2.41 bits per heavy atom. The second kappa shape index (κ2) is 10.5. The van der Waals surface area contributed by atoms with E-state index in [4.69, 9.17) is 9.63 Å². The molecule has 0 saturated carbocycles. The van der Waals surface area contributed by atoms with E-state index in [1.165, 1.54) is 12.2 Å². The Morgan fingerprint density at radius 2 is 1.78 bits per heavy atom. The highest BCUT2D eigenvalue weighted by atomic mass is 19.4. The lowest BCUT2D eigenvalue weighted by molar-refractivity contribution is -0.139. The molecule has 10 heteroatoms. The zero-order chi connectivity index (χ0) is 26.9. The van der Waals surface area contributed by atoms with E-state index in [0.717, 1.165) is 5.56 Å². The first-order valence-corrected chi connectivity index (χ1v) is 11.9. The van der Waals surface area contributed by atoms with Crippen LogP contribution in [0.4, 0.5) is 13.2 Å². The quantitative estimate of drug-likeness (QED) is 0.453. The molecule has 0 saturated heterocycles. The van der Waals surface area contributed by atoms with E-state index in [-0.39, 0.29) is 36.2 Å². The first-order valence-electron chi connectivity index (χ1n) is 11.9. The summed E-state index contributed by atoms with van der Waals surface area (Å²) in [5.41, 5.74) is 2.07. The third-order valence-corrected chi connectivity index (χ3v) is 6.64. The van der Waals surface area contributed by atoms with Gasteiger partial charge in [0.15, 0.2) is 0 Å². The number of aromatic nitrogens is 2. The molecule has 0 radical (unpaired) electrons. The first-order chi connectivity index (χ1) is 17.4. The number of rotatable bonds is 7. The van der Waals surface area contributed by atoms with Crippen molar-refractivity contribution in [3.05, 3.63) is 82.3 Å². The highest BCUT2D eigenvalue weighted by Gasteiger charge is 2.40.